The fourth-order valence-electron chi connectivity index (χ4n) is 2.94. The van der Waals surface area contributed by atoms with Gasteiger partial charge in [0.05, 0.1) is 11.2 Å². The lowest BCUT2D eigenvalue weighted by atomic mass is 10.1. The molecule has 0 radical (unpaired) electrons. The summed E-state index contributed by atoms with van der Waals surface area (Å²) in [4.78, 5) is 4.73. The first-order chi connectivity index (χ1) is 12.3. The van der Waals surface area contributed by atoms with Crippen molar-refractivity contribution >= 4 is 28.3 Å². The quantitative estimate of drug-likeness (QED) is 0.472. The van der Waals surface area contributed by atoms with Crippen molar-refractivity contribution in [2.24, 2.45) is 0 Å². The van der Waals surface area contributed by atoms with E-state index in [9.17, 15) is 0 Å². The van der Waals surface area contributed by atoms with Gasteiger partial charge in [-0.3, -0.25) is 0 Å². The van der Waals surface area contributed by atoms with E-state index < -0.39 is 0 Å². The zero-order valence-corrected chi connectivity index (χ0v) is 15.1. The van der Waals surface area contributed by atoms with Gasteiger partial charge >= 0.3 is 0 Å². The maximum absolute atomic E-state index is 4.92. The van der Waals surface area contributed by atoms with Crippen molar-refractivity contribution in [2.75, 3.05) is 0 Å². The van der Waals surface area contributed by atoms with Crippen molar-refractivity contribution in [2.45, 2.75) is 20.3 Å². The highest BCUT2D eigenvalue weighted by Gasteiger charge is 2.15. The van der Waals surface area contributed by atoms with E-state index in [4.69, 9.17) is 10.1 Å². The molecule has 0 bridgehead atoms. The van der Waals surface area contributed by atoms with Gasteiger partial charge in [-0.15, -0.1) is 11.3 Å². The number of hydrogen-bond donors (Lipinski definition) is 0. The highest BCUT2D eigenvalue weighted by Crippen LogP contribution is 2.31. The molecule has 25 heavy (non-hydrogen) atoms. The second-order valence-electron chi connectivity index (χ2n) is 5.88. The molecule has 0 aliphatic rings. The van der Waals surface area contributed by atoms with E-state index in [1.165, 1.54) is 5.56 Å². The molecule has 0 fully saturated rings. The summed E-state index contributed by atoms with van der Waals surface area (Å²) in [6.45, 7) is 4.16. The fraction of sp³-hybridized carbons (Fsp3) is 0.143. The molecule has 0 saturated carbocycles. The van der Waals surface area contributed by atoms with Gasteiger partial charge in [-0.05, 0) is 31.0 Å². The molecule has 4 rings (SSSR count). The molecule has 0 aliphatic heterocycles. The molecular weight excluding hydrogens is 326 g/mol. The van der Waals surface area contributed by atoms with Gasteiger partial charge < -0.3 is 0 Å². The number of aromatic nitrogens is 3. The van der Waals surface area contributed by atoms with Gasteiger partial charge in [0.15, 0.2) is 0 Å². The lowest BCUT2D eigenvalue weighted by molar-refractivity contribution is 0.889. The van der Waals surface area contributed by atoms with Gasteiger partial charge in [0.25, 0.3) is 0 Å². The molecule has 0 saturated heterocycles. The van der Waals surface area contributed by atoms with Crippen LogP contribution in [0.3, 0.4) is 0 Å². The molecule has 2 aromatic carbocycles. The highest BCUT2D eigenvalue weighted by atomic mass is 32.1. The maximum atomic E-state index is 4.92. The van der Waals surface area contributed by atoms with Crippen LogP contribution in [0.1, 0.15) is 25.1 Å². The minimum Gasteiger partial charge on any atom is -0.223 e. The topological polar surface area (TPSA) is 30.7 Å². The number of hydrogen-bond acceptors (Lipinski definition) is 3. The Morgan fingerprint density at radius 1 is 1.12 bits per heavy atom. The van der Waals surface area contributed by atoms with Gasteiger partial charge in [-0.25, -0.2) is 9.67 Å². The summed E-state index contributed by atoms with van der Waals surface area (Å²) in [6, 6.07) is 16.8. The lowest BCUT2D eigenvalue weighted by Crippen LogP contribution is -1.96. The summed E-state index contributed by atoms with van der Waals surface area (Å²) in [6.07, 6.45) is 5.10. The Balaban J connectivity index is 1.98. The average molecular weight is 345 g/mol. The molecular formula is C21H19N3S. The van der Waals surface area contributed by atoms with Crippen molar-refractivity contribution in [3.8, 4) is 16.4 Å². The van der Waals surface area contributed by atoms with Crippen LogP contribution >= 0.6 is 11.3 Å². The van der Waals surface area contributed by atoms with Gasteiger partial charge in [0.1, 0.15) is 5.69 Å². The van der Waals surface area contributed by atoms with Crippen LogP contribution in [0.5, 0.6) is 0 Å². The van der Waals surface area contributed by atoms with Gasteiger partial charge in [0, 0.05) is 16.3 Å². The zero-order chi connectivity index (χ0) is 17.2. The Hall–Kier alpha value is -2.72. The molecule has 2 aromatic heterocycles. The summed E-state index contributed by atoms with van der Waals surface area (Å²) >= 11 is 1.64. The van der Waals surface area contributed by atoms with Crippen LogP contribution in [0.4, 0.5) is 0 Å². The maximum Gasteiger partial charge on any atom is 0.211 e. The summed E-state index contributed by atoms with van der Waals surface area (Å²) < 4.78 is 1.98. The average Bonchev–Trinajstić information content (AvgIpc) is 3.27. The lowest BCUT2D eigenvalue weighted by Gasteiger charge is -1.99. The number of fused-ring (bicyclic) bond motifs is 1. The second kappa shape index (κ2) is 6.65. The Morgan fingerprint density at radius 3 is 2.68 bits per heavy atom. The van der Waals surface area contributed by atoms with Gasteiger partial charge in [0.2, 0.25) is 5.13 Å². The molecule has 0 spiro atoms. The summed E-state index contributed by atoms with van der Waals surface area (Å²) in [7, 11) is 0. The van der Waals surface area contributed by atoms with Gasteiger partial charge in [-0.1, -0.05) is 55.5 Å². The van der Waals surface area contributed by atoms with Crippen molar-refractivity contribution in [3.05, 3.63) is 71.2 Å². The Kier molecular flexibility index (Phi) is 4.20. The molecule has 2 heterocycles. The van der Waals surface area contributed by atoms with E-state index >= 15 is 0 Å². The first-order valence-electron chi connectivity index (χ1n) is 8.46. The number of aryl methyl sites for hydroxylation is 1. The van der Waals surface area contributed by atoms with Crippen molar-refractivity contribution in [3.63, 3.8) is 0 Å². The van der Waals surface area contributed by atoms with E-state index in [0.29, 0.717) is 0 Å². The monoisotopic (exact) mass is 345 g/mol. The van der Waals surface area contributed by atoms with Crippen LogP contribution in [-0.4, -0.2) is 14.8 Å². The summed E-state index contributed by atoms with van der Waals surface area (Å²) in [5.74, 6) is 0. The summed E-state index contributed by atoms with van der Waals surface area (Å²) in [5.41, 5.74) is 5.48. The highest BCUT2D eigenvalue weighted by molar-refractivity contribution is 7.12. The number of benzene rings is 2. The van der Waals surface area contributed by atoms with Crippen LogP contribution < -0.4 is 0 Å². The van der Waals surface area contributed by atoms with Crippen LogP contribution in [-0.2, 0) is 6.42 Å². The molecule has 4 heteroatoms. The SMILES string of the molecule is C/C=C/c1ccc2c(-c3ccccc3)nn(-c3nc(CC)cs3)c2c1. The minimum absolute atomic E-state index is 0.918. The third kappa shape index (κ3) is 2.89. The number of thiazole rings is 1. The third-order valence-corrected chi connectivity index (χ3v) is 5.06. The van der Waals surface area contributed by atoms with Crippen LogP contribution in [0, 0.1) is 0 Å². The Bertz CT molecular complexity index is 1040. The molecule has 0 aliphatic carbocycles. The molecule has 124 valence electrons. The Morgan fingerprint density at radius 2 is 1.96 bits per heavy atom. The normalized spacial score (nSPS) is 11.6. The van der Waals surface area contributed by atoms with E-state index in [0.717, 1.165) is 39.4 Å². The smallest absolute Gasteiger partial charge is 0.211 e. The van der Waals surface area contributed by atoms with Gasteiger partial charge in [-0.2, -0.15) is 5.10 Å². The number of rotatable bonds is 4. The predicted octanol–water partition coefficient (Wildman–Crippen LogP) is 5.74. The predicted molar refractivity (Wildman–Crippen MR) is 106 cm³/mol. The van der Waals surface area contributed by atoms with E-state index in [1.807, 2.05) is 29.8 Å². The second-order valence-corrected chi connectivity index (χ2v) is 6.71. The minimum atomic E-state index is 0.918. The molecule has 0 unspecified atom stereocenters. The van der Waals surface area contributed by atoms with E-state index in [1.54, 1.807) is 11.3 Å². The van der Waals surface area contributed by atoms with Crippen molar-refractivity contribution in [1.29, 1.82) is 0 Å². The largest absolute Gasteiger partial charge is 0.223 e. The van der Waals surface area contributed by atoms with E-state index in [2.05, 4.69) is 54.8 Å². The fourth-order valence-corrected chi connectivity index (χ4v) is 3.81. The van der Waals surface area contributed by atoms with Crippen LogP contribution in [0.2, 0.25) is 0 Å². The summed E-state index contributed by atoms with van der Waals surface area (Å²) in [5, 5.41) is 9.10. The van der Waals surface area contributed by atoms with Crippen LogP contribution in [0.25, 0.3) is 33.4 Å². The molecule has 0 atom stereocenters. The standard InChI is InChI=1S/C21H19N3S/c1-3-8-15-11-12-18-19(13-15)24(21-22-17(4-2)14-25-21)23-20(18)16-9-6-5-7-10-16/h3,5-14H,4H2,1-2H3/b8-3+. The molecule has 0 amide bonds. The van der Waals surface area contributed by atoms with Crippen molar-refractivity contribution in [1.82, 2.24) is 14.8 Å². The molecule has 4 aromatic rings. The Labute approximate surface area is 151 Å². The van der Waals surface area contributed by atoms with E-state index in [-0.39, 0.29) is 0 Å². The third-order valence-electron chi connectivity index (χ3n) is 4.19. The molecule has 0 N–H and O–H groups in total. The number of allylic oxidation sites excluding steroid dienone is 1. The first-order valence-corrected chi connectivity index (χ1v) is 9.33. The van der Waals surface area contributed by atoms with Crippen LogP contribution in [0.15, 0.2) is 60.0 Å². The first kappa shape index (κ1) is 15.8. The number of nitrogens with zero attached hydrogens (tertiary/aromatic N) is 3. The van der Waals surface area contributed by atoms with Crippen molar-refractivity contribution < 1.29 is 0 Å². The molecule has 3 nitrogen and oxygen atoms in total. The zero-order valence-electron chi connectivity index (χ0n) is 14.3.